The van der Waals surface area contributed by atoms with Gasteiger partial charge in [-0.2, -0.15) is 0 Å². The van der Waals surface area contributed by atoms with Crippen molar-refractivity contribution in [1.82, 2.24) is 9.55 Å². The zero-order valence-electron chi connectivity index (χ0n) is 12.2. The molecule has 1 aromatic rings. The van der Waals surface area contributed by atoms with Crippen molar-refractivity contribution in [3.8, 4) is 12.3 Å². The highest BCUT2D eigenvalue weighted by molar-refractivity contribution is 5.02. The molecule has 3 atom stereocenters. The maximum atomic E-state index is 11.8. The zero-order valence-corrected chi connectivity index (χ0v) is 12.2. The lowest BCUT2D eigenvalue weighted by molar-refractivity contribution is -0.0171. The number of nitrogens with one attached hydrogen (secondary N) is 1. The summed E-state index contributed by atoms with van der Waals surface area (Å²) in [6.45, 7) is 5.56. The maximum Gasteiger partial charge on any atom is 0.328 e. The van der Waals surface area contributed by atoms with Crippen molar-refractivity contribution in [2.45, 2.75) is 39.0 Å². The number of hydrogen-bond donors (Lipinski definition) is 1. The SMILES string of the molecule is C#CC(COC(C)C(C)n1cc(C)c(=O)[nH]c1=O)OC. The Kier molecular flexibility index (Phi) is 5.74. The van der Waals surface area contributed by atoms with Crippen LogP contribution in [0, 0.1) is 19.3 Å². The fourth-order valence-corrected chi connectivity index (χ4v) is 1.68. The van der Waals surface area contributed by atoms with Gasteiger partial charge in [-0.05, 0) is 20.8 Å². The lowest BCUT2D eigenvalue weighted by Crippen LogP contribution is -2.37. The van der Waals surface area contributed by atoms with Crippen molar-refractivity contribution >= 4 is 0 Å². The number of rotatable bonds is 6. The van der Waals surface area contributed by atoms with Crippen LogP contribution < -0.4 is 11.2 Å². The molecule has 20 heavy (non-hydrogen) atoms. The Morgan fingerprint density at radius 2 is 2.10 bits per heavy atom. The molecule has 0 radical (unpaired) electrons. The highest BCUT2D eigenvalue weighted by Crippen LogP contribution is 2.12. The van der Waals surface area contributed by atoms with Crippen molar-refractivity contribution in [1.29, 1.82) is 0 Å². The van der Waals surface area contributed by atoms with Crippen molar-refractivity contribution in [2.24, 2.45) is 0 Å². The van der Waals surface area contributed by atoms with Crippen LogP contribution in [-0.4, -0.2) is 35.5 Å². The van der Waals surface area contributed by atoms with Crippen LogP contribution in [0.2, 0.25) is 0 Å². The summed E-state index contributed by atoms with van der Waals surface area (Å²) in [5, 5.41) is 0. The predicted octanol–water partition coefficient (Wildman–Crippen LogP) is 0.459. The molecule has 110 valence electrons. The maximum absolute atomic E-state index is 11.8. The molecule has 6 nitrogen and oxygen atoms in total. The van der Waals surface area contributed by atoms with Crippen LogP contribution in [0.4, 0.5) is 0 Å². The number of hydrogen-bond acceptors (Lipinski definition) is 4. The molecule has 1 aromatic heterocycles. The van der Waals surface area contributed by atoms with E-state index in [1.54, 1.807) is 6.92 Å². The van der Waals surface area contributed by atoms with Gasteiger partial charge >= 0.3 is 5.69 Å². The van der Waals surface area contributed by atoms with E-state index in [4.69, 9.17) is 15.9 Å². The van der Waals surface area contributed by atoms with E-state index in [2.05, 4.69) is 10.9 Å². The van der Waals surface area contributed by atoms with Gasteiger partial charge in [-0.3, -0.25) is 14.3 Å². The Morgan fingerprint density at radius 3 is 2.65 bits per heavy atom. The molecule has 0 saturated carbocycles. The van der Waals surface area contributed by atoms with Crippen LogP contribution in [0.5, 0.6) is 0 Å². The van der Waals surface area contributed by atoms with E-state index in [1.165, 1.54) is 17.9 Å². The molecule has 0 fully saturated rings. The van der Waals surface area contributed by atoms with Crippen LogP contribution >= 0.6 is 0 Å². The second-order valence-electron chi connectivity index (χ2n) is 4.65. The van der Waals surface area contributed by atoms with Gasteiger partial charge in [0.25, 0.3) is 5.56 Å². The Labute approximate surface area is 117 Å². The highest BCUT2D eigenvalue weighted by Gasteiger charge is 2.18. The minimum atomic E-state index is -0.455. The molecule has 0 aliphatic carbocycles. The first-order valence-corrected chi connectivity index (χ1v) is 6.33. The largest absolute Gasteiger partial charge is 0.373 e. The number of nitrogens with zero attached hydrogens (tertiary/aromatic N) is 1. The summed E-state index contributed by atoms with van der Waals surface area (Å²) in [5.74, 6) is 2.45. The quantitative estimate of drug-likeness (QED) is 0.768. The van der Waals surface area contributed by atoms with Crippen molar-refractivity contribution < 1.29 is 9.47 Å². The average Bonchev–Trinajstić information content (AvgIpc) is 2.43. The average molecular weight is 280 g/mol. The van der Waals surface area contributed by atoms with Crippen molar-refractivity contribution in [3.05, 3.63) is 32.6 Å². The van der Waals surface area contributed by atoms with Crippen molar-refractivity contribution in [2.75, 3.05) is 13.7 Å². The van der Waals surface area contributed by atoms with E-state index < -0.39 is 11.8 Å². The van der Waals surface area contributed by atoms with Gasteiger partial charge in [-0.25, -0.2) is 4.79 Å². The van der Waals surface area contributed by atoms with E-state index in [-0.39, 0.29) is 24.3 Å². The number of aryl methyl sites for hydroxylation is 1. The Hall–Kier alpha value is -1.84. The van der Waals surface area contributed by atoms with Gasteiger partial charge in [-0.15, -0.1) is 6.42 Å². The standard InChI is InChI=1S/C14H20N2O4/c1-6-12(19-5)8-20-11(4)10(3)16-7-9(2)13(17)15-14(16)18/h1,7,10-12H,8H2,2-5H3,(H,15,17,18). The van der Waals surface area contributed by atoms with Crippen molar-refractivity contribution in [3.63, 3.8) is 0 Å². The predicted molar refractivity (Wildman–Crippen MR) is 75.8 cm³/mol. The number of terminal acetylenes is 1. The van der Waals surface area contributed by atoms with Crippen LogP contribution in [0.3, 0.4) is 0 Å². The molecular formula is C14H20N2O4. The minimum Gasteiger partial charge on any atom is -0.373 e. The normalized spacial score (nSPS) is 15.3. The molecular weight excluding hydrogens is 260 g/mol. The van der Waals surface area contributed by atoms with E-state index in [0.29, 0.717) is 5.56 Å². The van der Waals surface area contributed by atoms with Gasteiger partial charge in [0.1, 0.15) is 6.10 Å². The molecule has 0 aliphatic rings. The van der Waals surface area contributed by atoms with Gasteiger partial charge < -0.3 is 9.47 Å². The summed E-state index contributed by atoms with van der Waals surface area (Å²) in [6.07, 6.45) is 6.12. The topological polar surface area (TPSA) is 73.3 Å². The van der Waals surface area contributed by atoms with Gasteiger partial charge in [0, 0.05) is 18.9 Å². The molecule has 1 rings (SSSR count). The number of aromatic amines is 1. The van der Waals surface area contributed by atoms with Crippen LogP contribution in [0.15, 0.2) is 15.8 Å². The summed E-state index contributed by atoms with van der Waals surface area (Å²) in [4.78, 5) is 25.4. The fourth-order valence-electron chi connectivity index (χ4n) is 1.68. The smallest absolute Gasteiger partial charge is 0.328 e. The fraction of sp³-hybridized carbons (Fsp3) is 0.571. The third-order valence-electron chi connectivity index (χ3n) is 3.24. The molecule has 6 heteroatoms. The number of H-pyrrole nitrogens is 1. The summed E-state index contributed by atoms with van der Waals surface area (Å²) in [6, 6.07) is -0.242. The molecule has 1 N–H and O–H groups in total. The summed E-state index contributed by atoms with van der Waals surface area (Å²) < 4.78 is 12.1. The summed E-state index contributed by atoms with van der Waals surface area (Å²) in [7, 11) is 1.51. The molecule has 0 bridgehead atoms. The summed E-state index contributed by atoms with van der Waals surface area (Å²) in [5.41, 5.74) is -0.357. The number of aromatic nitrogens is 2. The third kappa shape index (κ3) is 3.83. The van der Waals surface area contributed by atoms with E-state index in [1.807, 2.05) is 13.8 Å². The number of methoxy groups -OCH3 is 1. The van der Waals surface area contributed by atoms with Gasteiger partial charge in [-0.1, -0.05) is 5.92 Å². The van der Waals surface area contributed by atoms with Crippen LogP contribution in [-0.2, 0) is 9.47 Å². The van der Waals surface area contributed by atoms with Gasteiger partial charge in [0.15, 0.2) is 0 Å². The molecule has 3 unspecified atom stereocenters. The molecule has 0 aromatic carbocycles. The lowest BCUT2D eigenvalue weighted by Gasteiger charge is -2.23. The van der Waals surface area contributed by atoms with Gasteiger partial charge in [0.05, 0.1) is 18.8 Å². The Balaban J connectivity index is 2.82. The first-order valence-electron chi connectivity index (χ1n) is 6.33. The molecule has 1 heterocycles. The van der Waals surface area contributed by atoms with E-state index in [0.717, 1.165) is 0 Å². The monoisotopic (exact) mass is 280 g/mol. The second-order valence-corrected chi connectivity index (χ2v) is 4.65. The van der Waals surface area contributed by atoms with E-state index in [9.17, 15) is 9.59 Å². The first-order chi connectivity index (χ1) is 9.40. The zero-order chi connectivity index (χ0) is 15.3. The molecule has 0 saturated heterocycles. The first kappa shape index (κ1) is 16.2. The highest BCUT2D eigenvalue weighted by atomic mass is 16.5. The number of ether oxygens (including phenoxy) is 2. The second kappa shape index (κ2) is 7.08. The Bertz CT molecular complexity index is 596. The van der Waals surface area contributed by atoms with Crippen LogP contribution in [0.1, 0.15) is 25.5 Å². The molecule has 0 amide bonds. The Morgan fingerprint density at radius 1 is 1.45 bits per heavy atom. The van der Waals surface area contributed by atoms with Crippen LogP contribution in [0.25, 0.3) is 0 Å². The molecule has 0 spiro atoms. The minimum absolute atomic E-state index is 0.242. The molecule has 0 aliphatic heterocycles. The lowest BCUT2D eigenvalue weighted by atomic mass is 10.2. The summed E-state index contributed by atoms with van der Waals surface area (Å²) >= 11 is 0. The van der Waals surface area contributed by atoms with Gasteiger partial charge in [0.2, 0.25) is 0 Å². The van der Waals surface area contributed by atoms with E-state index >= 15 is 0 Å². The third-order valence-corrected chi connectivity index (χ3v) is 3.24.